The van der Waals surface area contributed by atoms with Gasteiger partial charge in [-0.15, -0.1) is 0 Å². The molecule has 19 heavy (non-hydrogen) atoms. The average molecular weight is 271 g/mol. The van der Waals surface area contributed by atoms with E-state index in [4.69, 9.17) is 5.11 Å². The number of rotatable bonds is 6. The lowest BCUT2D eigenvalue weighted by atomic mass is 10.2. The molecular weight excluding hydrogens is 256 g/mol. The molecule has 0 bridgehead atoms. The van der Waals surface area contributed by atoms with Gasteiger partial charge in [0, 0.05) is 18.2 Å². The highest BCUT2D eigenvalue weighted by atomic mass is 19.3. The summed E-state index contributed by atoms with van der Waals surface area (Å²) in [5.74, 6) is -0.174. The Morgan fingerprint density at radius 2 is 2.00 bits per heavy atom. The number of amides is 1. The van der Waals surface area contributed by atoms with Crippen LogP contribution in [0.25, 0.3) is 0 Å². The van der Waals surface area contributed by atoms with Crippen molar-refractivity contribution in [3.63, 3.8) is 0 Å². The monoisotopic (exact) mass is 271 g/mol. The van der Waals surface area contributed by atoms with Crippen molar-refractivity contribution in [2.75, 3.05) is 13.2 Å². The van der Waals surface area contributed by atoms with Crippen LogP contribution in [0.3, 0.4) is 0 Å². The number of benzene rings is 1. The number of hydrogen-bond donors (Lipinski definition) is 1. The van der Waals surface area contributed by atoms with Crippen molar-refractivity contribution >= 4 is 5.91 Å². The molecule has 1 aliphatic carbocycles. The lowest BCUT2D eigenvalue weighted by molar-refractivity contribution is -0.0498. The fraction of sp³-hybridized carbons (Fsp3) is 0.462. The Morgan fingerprint density at radius 3 is 2.47 bits per heavy atom. The van der Waals surface area contributed by atoms with E-state index in [-0.39, 0.29) is 24.3 Å². The van der Waals surface area contributed by atoms with Gasteiger partial charge in [-0.05, 0) is 37.1 Å². The molecule has 1 N–H and O–H groups in total. The molecule has 4 nitrogen and oxygen atoms in total. The van der Waals surface area contributed by atoms with Crippen molar-refractivity contribution < 1.29 is 23.4 Å². The minimum Gasteiger partial charge on any atom is -0.435 e. The number of ether oxygens (including phenoxy) is 1. The van der Waals surface area contributed by atoms with Crippen molar-refractivity contribution in [2.24, 2.45) is 0 Å². The molecule has 1 aliphatic rings. The van der Waals surface area contributed by atoms with Crippen molar-refractivity contribution in [3.05, 3.63) is 29.8 Å². The van der Waals surface area contributed by atoms with Crippen molar-refractivity contribution in [2.45, 2.75) is 25.5 Å². The van der Waals surface area contributed by atoms with E-state index in [0.717, 1.165) is 12.8 Å². The number of carbonyl (C=O) groups excluding carboxylic acids is 1. The lowest BCUT2D eigenvalue weighted by Crippen LogP contribution is -2.35. The second kappa shape index (κ2) is 5.97. The predicted octanol–water partition coefficient (Wildman–Crippen LogP) is 1.88. The van der Waals surface area contributed by atoms with Crippen LogP contribution in [0.2, 0.25) is 0 Å². The quantitative estimate of drug-likeness (QED) is 0.859. The molecule has 1 aromatic carbocycles. The summed E-state index contributed by atoms with van der Waals surface area (Å²) in [5.41, 5.74) is 0.405. The Labute approximate surface area is 109 Å². The number of halogens is 2. The van der Waals surface area contributed by atoms with Crippen LogP contribution in [0.15, 0.2) is 24.3 Å². The zero-order valence-corrected chi connectivity index (χ0v) is 10.3. The summed E-state index contributed by atoms with van der Waals surface area (Å²) in [6, 6.07) is 5.77. The van der Waals surface area contributed by atoms with Crippen LogP contribution in [0, 0.1) is 0 Å². The highest BCUT2D eigenvalue weighted by molar-refractivity contribution is 5.94. The van der Waals surface area contributed by atoms with Crippen LogP contribution in [-0.2, 0) is 0 Å². The molecule has 2 rings (SSSR count). The molecule has 1 aromatic rings. The van der Waals surface area contributed by atoms with E-state index in [2.05, 4.69) is 4.74 Å². The Kier molecular flexibility index (Phi) is 4.31. The summed E-state index contributed by atoms with van der Waals surface area (Å²) < 4.78 is 28.2. The van der Waals surface area contributed by atoms with E-state index in [1.165, 1.54) is 24.3 Å². The molecule has 1 amide bonds. The van der Waals surface area contributed by atoms with Gasteiger partial charge in [-0.2, -0.15) is 8.78 Å². The minimum absolute atomic E-state index is 0.0201. The summed E-state index contributed by atoms with van der Waals surface area (Å²) in [6.45, 7) is -2.67. The highest BCUT2D eigenvalue weighted by Crippen LogP contribution is 2.28. The first-order valence-corrected chi connectivity index (χ1v) is 6.08. The van der Waals surface area contributed by atoms with Crippen LogP contribution in [0.4, 0.5) is 8.78 Å². The topological polar surface area (TPSA) is 49.8 Å². The maximum Gasteiger partial charge on any atom is 0.387 e. The molecule has 1 fully saturated rings. The molecular formula is C13H15F2NO3. The molecule has 0 heterocycles. The van der Waals surface area contributed by atoms with Gasteiger partial charge in [-0.1, -0.05) is 0 Å². The Bertz CT molecular complexity index is 432. The normalized spacial score (nSPS) is 14.5. The van der Waals surface area contributed by atoms with Crippen LogP contribution >= 0.6 is 0 Å². The van der Waals surface area contributed by atoms with E-state index in [1.807, 2.05) is 0 Å². The number of alkyl halides is 2. The van der Waals surface area contributed by atoms with Gasteiger partial charge in [0.2, 0.25) is 0 Å². The smallest absolute Gasteiger partial charge is 0.387 e. The molecule has 1 saturated carbocycles. The Morgan fingerprint density at radius 1 is 1.37 bits per heavy atom. The van der Waals surface area contributed by atoms with Gasteiger partial charge < -0.3 is 14.7 Å². The third-order valence-electron chi connectivity index (χ3n) is 2.92. The van der Waals surface area contributed by atoms with E-state index in [9.17, 15) is 13.6 Å². The van der Waals surface area contributed by atoms with Crippen molar-refractivity contribution in [1.82, 2.24) is 4.90 Å². The fourth-order valence-corrected chi connectivity index (χ4v) is 1.89. The Hall–Kier alpha value is -1.69. The standard InChI is InChI=1S/C13H15F2NO3/c14-13(15)19-11-5-1-9(2-6-11)12(18)16(7-8-17)10-3-4-10/h1-2,5-6,10,13,17H,3-4,7-8H2. The summed E-state index contributed by atoms with van der Waals surface area (Å²) >= 11 is 0. The number of aliphatic hydroxyl groups is 1. The third-order valence-corrected chi connectivity index (χ3v) is 2.92. The first-order chi connectivity index (χ1) is 9.11. The van der Waals surface area contributed by atoms with E-state index >= 15 is 0 Å². The van der Waals surface area contributed by atoms with Gasteiger partial charge in [0.05, 0.1) is 6.61 Å². The van der Waals surface area contributed by atoms with Crippen LogP contribution in [0.1, 0.15) is 23.2 Å². The van der Waals surface area contributed by atoms with E-state index in [1.54, 1.807) is 4.90 Å². The lowest BCUT2D eigenvalue weighted by Gasteiger charge is -2.21. The molecule has 0 saturated heterocycles. The maximum absolute atomic E-state index is 12.2. The average Bonchev–Trinajstić information content (AvgIpc) is 3.19. The van der Waals surface area contributed by atoms with Crippen LogP contribution < -0.4 is 4.74 Å². The molecule has 0 aliphatic heterocycles. The maximum atomic E-state index is 12.2. The van der Waals surface area contributed by atoms with Gasteiger partial charge in [0.15, 0.2) is 0 Å². The molecule has 0 unspecified atom stereocenters. The van der Waals surface area contributed by atoms with Gasteiger partial charge in [0.1, 0.15) is 5.75 Å². The molecule has 0 spiro atoms. The van der Waals surface area contributed by atoms with E-state index < -0.39 is 6.61 Å². The van der Waals surface area contributed by atoms with Gasteiger partial charge >= 0.3 is 6.61 Å². The first kappa shape index (κ1) is 13.7. The van der Waals surface area contributed by atoms with Gasteiger partial charge in [-0.3, -0.25) is 4.79 Å². The summed E-state index contributed by atoms with van der Waals surface area (Å²) in [6.07, 6.45) is 1.89. The minimum atomic E-state index is -2.88. The number of aliphatic hydroxyl groups excluding tert-OH is 1. The van der Waals surface area contributed by atoms with Gasteiger partial charge in [-0.25, -0.2) is 0 Å². The van der Waals surface area contributed by atoms with E-state index in [0.29, 0.717) is 12.1 Å². The SMILES string of the molecule is O=C(c1ccc(OC(F)F)cc1)N(CCO)C1CC1. The van der Waals surface area contributed by atoms with Gasteiger partial charge in [0.25, 0.3) is 5.91 Å². The molecule has 104 valence electrons. The molecule has 0 aromatic heterocycles. The van der Waals surface area contributed by atoms with Crippen molar-refractivity contribution in [3.8, 4) is 5.75 Å². The number of carbonyl (C=O) groups is 1. The summed E-state index contributed by atoms with van der Waals surface area (Å²) in [5, 5.41) is 8.96. The predicted molar refractivity (Wildman–Crippen MR) is 64.2 cm³/mol. The summed E-state index contributed by atoms with van der Waals surface area (Å²) in [7, 11) is 0. The molecule has 6 heteroatoms. The molecule has 0 atom stereocenters. The first-order valence-electron chi connectivity index (χ1n) is 6.08. The second-order valence-electron chi connectivity index (χ2n) is 4.36. The second-order valence-corrected chi connectivity index (χ2v) is 4.36. The highest BCUT2D eigenvalue weighted by Gasteiger charge is 2.32. The number of hydrogen-bond acceptors (Lipinski definition) is 3. The largest absolute Gasteiger partial charge is 0.435 e. The zero-order chi connectivity index (χ0) is 13.8. The summed E-state index contributed by atoms with van der Waals surface area (Å²) in [4.78, 5) is 13.8. The molecule has 0 radical (unpaired) electrons. The van der Waals surface area contributed by atoms with Crippen LogP contribution in [0.5, 0.6) is 5.75 Å². The zero-order valence-electron chi connectivity index (χ0n) is 10.3. The number of nitrogens with zero attached hydrogens (tertiary/aromatic N) is 1. The van der Waals surface area contributed by atoms with Crippen LogP contribution in [-0.4, -0.2) is 41.7 Å². The Balaban J connectivity index is 2.05. The van der Waals surface area contributed by atoms with Crippen molar-refractivity contribution in [1.29, 1.82) is 0 Å². The fourth-order valence-electron chi connectivity index (χ4n) is 1.89. The third kappa shape index (κ3) is 3.64.